The molecular weight excluding hydrogens is 288 g/mol. The molecular formula is C18H18N4O. The van der Waals surface area contributed by atoms with Crippen LogP contribution in [-0.2, 0) is 11.4 Å². The van der Waals surface area contributed by atoms with E-state index in [4.69, 9.17) is 4.84 Å². The average molecular weight is 306 g/mol. The van der Waals surface area contributed by atoms with Crippen LogP contribution in [0.1, 0.15) is 23.9 Å². The third-order valence-electron chi connectivity index (χ3n) is 3.43. The molecule has 3 rings (SSSR count). The Kier molecular flexibility index (Phi) is 4.47. The molecule has 0 atom stereocenters. The summed E-state index contributed by atoms with van der Waals surface area (Å²) in [6.07, 6.45) is 3.49. The van der Waals surface area contributed by atoms with Crippen LogP contribution in [0.5, 0.6) is 0 Å². The second-order valence-corrected chi connectivity index (χ2v) is 5.24. The smallest absolute Gasteiger partial charge is 0.143 e. The van der Waals surface area contributed by atoms with Crippen LogP contribution in [0.15, 0.2) is 60.0 Å². The highest BCUT2D eigenvalue weighted by Crippen LogP contribution is 2.18. The van der Waals surface area contributed by atoms with Crippen molar-refractivity contribution in [2.45, 2.75) is 20.5 Å². The van der Waals surface area contributed by atoms with E-state index in [9.17, 15) is 0 Å². The quantitative estimate of drug-likeness (QED) is 0.577. The van der Waals surface area contributed by atoms with Crippen LogP contribution in [0, 0.1) is 6.92 Å². The van der Waals surface area contributed by atoms with Gasteiger partial charge in [0, 0.05) is 29.2 Å². The van der Waals surface area contributed by atoms with Gasteiger partial charge in [0.15, 0.2) is 0 Å². The van der Waals surface area contributed by atoms with E-state index in [0.29, 0.717) is 6.61 Å². The van der Waals surface area contributed by atoms with Gasteiger partial charge in [0.1, 0.15) is 23.8 Å². The van der Waals surface area contributed by atoms with E-state index in [1.54, 1.807) is 12.4 Å². The predicted molar refractivity (Wildman–Crippen MR) is 90.0 cm³/mol. The minimum atomic E-state index is 0.389. The Morgan fingerprint density at radius 3 is 2.74 bits per heavy atom. The number of benzene rings is 1. The summed E-state index contributed by atoms with van der Waals surface area (Å²) in [7, 11) is 0. The maximum Gasteiger partial charge on any atom is 0.143 e. The number of nitrogens with one attached hydrogen (secondary N) is 1. The van der Waals surface area contributed by atoms with Crippen molar-refractivity contribution < 1.29 is 4.84 Å². The summed E-state index contributed by atoms with van der Waals surface area (Å²) in [6, 6.07) is 13.8. The summed E-state index contributed by atoms with van der Waals surface area (Å²) in [4.78, 5) is 17.4. The first kappa shape index (κ1) is 15.0. The van der Waals surface area contributed by atoms with Crippen LogP contribution in [-0.4, -0.2) is 20.7 Å². The maximum atomic E-state index is 5.40. The van der Waals surface area contributed by atoms with E-state index >= 15 is 0 Å². The zero-order valence-electron chi connectivity index (χ0n) is 13.2. The highest BCUT2D eigenvalue weighted by Gasteiger charge is 2.11. The Labute approximate surface area is 135 Å². The molecule has 0 saturated carbocycles. The fourth-order valence-electron chi connectivity index (χ4n) is 2.28. The van der Waals surface area contributed by atoms with E-state index in [2.05, 4.69) is 20.1 Å². The van der Waals surface area contributed by atoms with Crippen molar-refractivity contribution in [2.24, 2.45) is 5.16 Å². The molecule has 2 aromatic heterocycles. The predicted octanol–water partition coefficient (Wildman–Crippen LogP) is 3.72. The van der Waals surface area contributed by atoms with Gasteiger partial charge in [-0.25, -0.2) is 4.98 Å². The minimum absolute atomic E-state index is 0.389. The largest absolute Gasteiger partial charge is 0.391 e. The Morgan fingerprint density at radius 1 is 1.17 bits per heavy atom. The lowest BCUT2D eigenvalue weighted by atomic mass is 10.2. The normalized spacial score (nSPS) is 11.5. The van der Waals surface area contributed by atoms with E-state index in [0.717, 1.165) is 34.1 Å². The molecule has 0 aliphatic carbocycles. The van der Waals surface area contributed by atoms with Crippen LogP contribution in [0.25, 0.3) is 11.4 Å². The van der Waals surface area contributed by atoms with Crippen LogP contribution >= 0.6 is 0 Å². The fourth-order valence-corrected chi connectivity index (χ4v) is 2.28. The Hall–Kier alpha value is -2.95. The molecule has 0 saturated heterocycles. The van der Waals surface area contributed by atoms with Crippen molar-refractivity contribution >= 4 is 5.71 Å². The Morgan fingerprint density at radius 2 is 2.00 bits per heavy atom. The first-order valence-corrected chi connectivity index (χ1v) is 7.42. The van der Waals surface area contributed by atoms with Crippen LogP contribution < -0.4 is 0 Å². The molecule has 5 heteroatoms. The van der Waals surface area contributed by atoms with Crippen LogP contribution in [0.2, 0.25) is 0 Å². The molecule has 0 bridgehead atoms. The molecule has 0 amide bonds. The number of nitrogens with zero attached hydrogens (tertiary/aromatic N) is 3. The molecule has 0 unspecified atom stereocenters. The standard InChI is InChI=1S/C18H18N4O/c1-13-17(21-18(20-13)16-8-4-3-5-9-16)14(2)22-23-12-15-7-6-10-19-11-15/h3-11H,12H2,1-2H3,(H,20,21)/b22-14+. The summed E-state index contributed by atoms with van der Waals surface area (Å²) >= 11 is 0. The number of hydrogen-bond acceptors (Lipinski definition) is 4. The SMILES string of the molecule is C/C(=N\OCc1cccnc1)c1nc(-c2ccccc2)[nH]c1C. The molecule has 1 aromatic carbocycles. The second-order valence-electron chi connectivity index (χ2n) is 5.24. The maximum absolute atomic E-state index is 5.40. The van der Waals surface area contributed by atoms with E-state index in [1.165, 1.54) is 0 Å². The molecule has 116 valence electrons. The molecule has 0 aliphatic rings. The molecule has 0 spiro atoms. The number of aryl methyl sites for hydroxylation is 1. The third kappa shape index (κ3) is 3.63. The average Bonchev–Trinajstić information content (AvgIpc) is 2.98. The van der Waals surface area contributed by atoms with Gasteiger partial charge in [-0.05, 0) is 19.9 Å². The summed E-state index contributed by atoms with van der Waals surface area (Å²) in [5, 5.41) is 4.16. The highest BCUT2D eigenvalue weighted by molar-refractivity contribution is 5.98. The molecule has 23 heavy (non-hydrogen) atoms. The zero-order chi connectivity index (χ0) is 16.1. The first-order valence-electron chi connectivity index (χ1n) is 7.42. The van der Waals surface area contributed by atoms with E-state index in [1.807, 2.05) is 56.3 Å². The number of hydrogen-bond donors (Lipinski definition) is 1. The molecule has 0 aliphatic heterocycles. The van der Waals surface area contributed by atoms with Crippen LogP contribution in [0.3, 0.4) is 0 Å². The van der Waals surface area contributed by atoms with Gasteiger partial charge in [0.25, 0.3) is 0 Å². The molecule has 0 radical (unpaired) electrons. The van der Waals surface area contributed by atoms with Gasteiger partial charge in [-0.3, -0.25) is 4.98 Å². The van der Waals surface area contributed by atoms with Crippen molar-refractivity contribution in [1.82, 2.24) is 15.0 Å². The Balaban J connectivity index is 1.73. The van der Waals surface area contributed by atoms with Crippen molar-refractivity contribution in [3.63, 3.8) is 0 Å². The molecule has 1 N–H and O–H groups in total. The van der Waals surface area contributed by atoms with Gasteiger partial charge in [0.05, 0.1) is 0 Å². The van der Waals surface area contributed by atoms with Gasteiger partial charge >= 0.3 is 0 Å². The minimum Gasteiger partial charge on any atom is -0.391 e. The van der Waals surface area contributed by atoms with Gasteiger partial charge in [0.2, 0.25) is 0 Å². The molecule has 2 heterocycles. The third-order valence-corrected chi connectivity index (χ3v) is 3.43. The first-order chi connectivity index (χ1) is 11.2. The van der Waals surface area contributed by atoms with Gasteiger partial charge < -0.3 is 9.82 Å². The van der Waals surface area contributed by atoms with Crippen LogP contribution in [0.4, 0.5) is 0 Å². The highest BCUT2D eigenvalue weighted by atomic mass is 16.6. The number of H-pyrrole nitrogens is 1. The summed E-state index contributed by atoms with van der Waals surface area (Å²) in [5.74, 6) is 0.833. The van der Waals surface area contributed by atoms with Crippen molar-refractivity contribution in [3.8, 4) is 11.4 Å². The molecule has 5 nitrogen and oxygen atoms in total. The lowest BCUT2D eigenvalue weighted by Crippen LogP contribution is -2.00. The number of pyridine rings is 1. The molecule has 0 fully saturated rings. The monoisotopic (exact) mass is 306 g/mol. The summed E-state index contributed by atoms with van der Waals surface area (Å²) in [5.41, 5.74) is 4.55. The van der Waals surface area contributed by atoms with Gasteiger partial charge in [-0.2, -0.15) is 0 Å². The second kappa shape index (κ2) is 6.87. The summed E-state index contributed by atoms with van der Waals surface area (Å²) < 4.78 is 0. The number of imidazole rings is 1. The van der Waals surface area contributed by atoms with Gasteiger partial charge in [-0.15, -0.1) is 0 Å². The topological polar surface area (TPSA) is 63.2 Å². The van der Waals surface area contributed by atoms with Gasteiger partial charge in [-0.1, -0.05) is 41.6 Å². The zero-order valence-corrected chi connectivity index (χ0v) is 13.2. The number of rotatable bonds is 5. The van der Waals surface area contributed by atoms with E-state index in [-0.39, 0.29) is 0 Å². The fraction of sp³-hybridized carbons (Fsp3) is 0.167. The number of oxime groups is 1. The Bertz CT molecular complexity index is 794. The van der Waals surface area contributed by atoms with E-state index < -0.39 is 0 Å². The van der Waals surface area contributed by atoms with Crippen molar-refractivity contribution in [1.29, 1.82) is 0 Å². The molecule has 3 aromatic rings. The van der Waals surface area contributed by atoms with Crippen molar-refractivity contribution in [3.05, 3.63) is 71.8 Å². The lowest BCUT2D eigenvalue weighted by Gasteiger charge is -2.01. The number of aromatic nitrogens is 3. The number of aromatic amines is 1. The lowest BCUT2D eigenvalue weighted by molar-refractivity contribution is 0.130. The summed E-state index contributed by atoms with van der Waals surface area (Å²) in [6.45, 7) is 4.26. The van der Waals surface area contributed by atoms with Crippen molar-refractivity contribution in [2.75, 3.05) is 0 Å².